The van der Waals surface area contributed by atoms with E-state index in [9.17, 15) is 18.4 Å². The van der Waals surface area contributed by atoms with Crippen molar-refractivity contribution in [2.24, 2.45) is 5.73 Å². The molecule has 0 aliphatic heterocycles. The minimum atomic E-state index is -1.08. The third-order valence-electron chi connectivity index (χ3n) is 7.15. The first-order chi connectivity index (χ1) is 24.6. The molecule has 11 heteroatoms. The Hall–Kier alpha value is -5.62. The number of nitrogens with two attached hydrogens (primary N) is 1. The van der Waals surface area contributed by atoms with Crippen molar-refractivity contribution in [2.45, 2.75) is 25.9 Å². The number of aromatic nitrogens is 2. The summed E-state index contributed by atoms with van der Waals surface area (Å²) in [6.07, 6.45) is 8.53. The van der Waals surface area contributed by atoms with Gasteiger partial charge < -0.3 is 16.2 Å². The lowest BCUT2D eigenvalue weighted by Crippen LogP contribution is -2.24. The number of carbonyl (C=O) groups is 2. The summed E-state index contributed by atoms with van der Waals surface area (Å²) < 4.78 is 26.4. The van der Waals surface area contributed by atoms with E-state index in [0.29, 0.717) is 5.56 Å². The lowest BCUT2D eigenvalue weighted by molar-refractivity contribution is -0.131. The van der Waals surface area contributed by atoms with Crippen LogP contribution in [0.1, 0.15) is 48.2 Å². The van der Waals surface area contributed by atoms with Gasteiger partial charge in [0.2, 0.25) is 5.91 Å². The van der Waals surface area contributed by atoms with Crippen molar-refractivity contribution in [3.63, 3.8) is 0 Å². The zero-order valence-electron chi connectivity index (χ0n) is 27.8. The van der Waals surface area contributed by atoms with Crippen molar-refractivity contribution in [3.8, 4) is 21.1 Å². The van der Waals surface area contributed by atoms with Gasteiger partial charge in [0.15, 0.2) is 0 Å². The highest BCUT2D eigenvalue weighted by molar-refractivity contribution is 7.13. The monoisotopic (exact) mass is 722 g/mol. The average molecular weight is 723 g/mol. The van der Waals surface area contributed by atoms with Gasteiger partial charge in [-0.2, -0.15) is 0 Å². The van der Waals surface area contributed by atoms with E-state index in [1.807, 2.05) is 67.2 Å². The molecule has 0 bridgehead atoms. The molecule has 51 heavy (non-hydrogen) atoms. The molecule has 6 aromatic rings. The number of rotatable bonds is 9. The smallest absolute Gasteiger partial charge is 0.328 e. The maximum absolute atomic E-state index is 13.6. The van der Waals surface area contributed by atoms with Crippen LogP contribution in [0.3, 0.4) is 0 Å². The van der Waals surface area contributed by atoms with E-state index in [0.717, 1.165) is 38.3 Å². The van der Waals surface area contributed by atoms with Gasteiger partial charge in [-0.15, -0.1) is 22.7 Å². The maximum atomic E-state index is 13.6. The number of carboxylic acid groups (broad SMARTS) is 1. The Morgan fingerprint density at radius 3 is 1.69 bits per heavy atom. The van der Waals surface area contributed by atoms with Gasteiger partial charge in [-0.1, -0.05) is 72.8 Å². The van der Waals surface area contributed by atoms with Crippen molar-refractivity contribution in [2.75, 3.05) is 0 Å². The van der Waals surface area contributed by atoms with Gasteiger partial charge in [-0.25, -0.2) is 23.5 Å². The van der Waals surface area contributed by atoms with Gasteiger partial charge in [0.05, 0.1) is 6.04 Å². The number of aliphatic carboxylic acids is 1. The number of hydrogen-bond acceptors (Lipinski definition) is 7. The molecule has 4 N–H and O–H groups in total. The minimum absolute atomic E-state index is 0.0786. The number of carboxylic acids is 1. The first kappa shape index (κ1) is 38.2. The first-order valence-electron chi connectivity index (χ1n) is 15.7. The predicted octanol–water partition coefficient (Wildman–Crippen LogP) is 9.59. The Morgan fingerprint density at radius 2 is 1.22 bits per heavy atom. The highest BCUT2D eigenvalue weighted by Gasteiger charge is 2.10. The van der Waals surface area contributed by atoms with Crippen LogP contribution in [0.15, 0.2) is 132 Å². The van der Waals surface area contributed by atoms with Gasteiger partial charge in [0.25, 0.3) is 0 Å². The molecular weight excluding hydrogens is 687 g/mol. The third kappa shape index (κ3) is 12.3. The number of benzene rings is 4. The SMILES string of the molecule is C[C@H](N)c1cccc(-c2nccs2)c1.C[C@H](NC(=O)/C=C/c1ccccc1F)c1cccc(-c2nccs2)c1.O=C(O)/C=C/c1ccccc1F. The summed E-state index contributed by atoms with van der Waals surface area (Å²) in [6.45, 7) is 3.90. The standard InChI is InChI=1S/C20H17FN2OS.C11H12N2S.C9H7FO2/c1-14(16-6-4-7-17(13-16)20-22-11-12-25-20)23-19(24)10-9-15-5-2-3-8-18(15)21;1-8(12)9-3-2-4-10(7-9)11-13-5-6-14-11;10-8-4-2-1-3-7(8)5-6-9(11)12/h2-14H,1H3,(H,23,24);2-8H,12H2,1H3;1-6H,(H,11,12)/b10-9+;;6-5+/t14-;8-;/m00./s1. The first-order valence-corrected chi connectivity index (χ1v) is 17.5. The van der Waals surface area contributed by atoms with Gasteiger partial charge in [0.1, 0.15) is 21.6 Å². The van der Waals surface area contributed by atoms with Crippen molar-refractivity contribution < 1.29 is 23.5 Å². The van der Waals surface area contributed by atoms with Crippen molar-refractivity contribution in [1.29, 1.82) is 0 Å². The van der Waals surface area contributed by atoms with E-state index in [1.54, 1.807) is 59.2 Å². The van der Waals surface area contributed by atoms with Crippen LogP contribution in [0.2, 0.25) is 0 Å². The van der Waals surface area contributed by atoms with Crippen LogP contribution in [-0.4, -0.2) is 27.0 Å². The molecule has 0 fully saturated rings. The van der Waals surface area contributed by atoms with Crippen LogP contribution in [0.5, 0.6) is 0 Å². The Labute approximate surface area is 303 Å². The molecule has 7 nitrogen and oxygen atoms in total. The number of thiazole rings is 2. The topological polar surface area (TPSA) is 118 Å². The number of nitrogens with zero attached hydrogens (tertiary/aromatic N) is 2. The number of amides is 1. The molecule has 2 heterocycles. The Balaban J connectivity index is 0.000000189. The lowest BCUT2D eigenvalue weighted by atomic mass is 10.1. The summed E-state index contributed by atoms with van der Waals surface area (Å²) in [6, 6.07) is 28.4. The third-order valence-corrected chi connectivity index (χ3v) is 8.79. The summed E-state index contributed by atoms with van der Waals surface area (Å²) in [4.78, 5) is 30.7. The quantitative estimate of drug-likeness (QED) is 0.128. The minimum Gasteiger partial charge on any atom is -0.478 e. The van der Waals surface area contributed by atoms with Gasteiger partial charge >= 0.3 is 5.97 Å². The molecule has 0 aliphatic rings. The zero-order valence-corrected chi connectivity index (χ0v) is 29.5. The number of carbonyl (C=O) groups excluding carboxylic acids is 1. The fourth-order valence-electron chi connectivity index (χ4n) is 4.52. The van der Waals surface area contributed by atoms with E-state index < -0.39 is 11.8 Å². The molecule has 0 saturated heterocycles. The fourth-order valence-corrected chi connectivity index (χ4v) is 5.79. The van der Waals surface area contributed by atoms with Crippen molar-refractivity contribution in [1.82, 2.24) is 15.3 Å². The molecule has 4 aromatic carbocycles. The van der Waals surface area contributed by atoms with Crippen molar-refractivity contribution in [3.05, 3.63) is 166 Å². The Bertz CT molecular complexity index is 2060. The predicted molar refractivity (Wildman–Crippen MR) is 203 cm³/mol. The summed E-state index contributed by atoms with van der Waals surface area (Å²) in [5.74, 6) is -2.13. The van der Waals surface area contributed by atoms with E-state index >= 15 is 0 Å². The maximum Gasteiger partial charge on any atom is 0.328 e. The second-order valence-electron chi connectivity index (χ2n) is 11.0. The second kappa shape index (κ2) is 19.5. The van der Waals surface area contributed by atoms with Crippen molar-refractivity contribution >= 4 is 46.7 Å². The van der Waals surface area contributed by atoms with E-state index in [1.165, 1.54) is 36.4 Å². The highest BCUT2D eigenvalue weighted by atomic mass is 32.1. The molecular formula is C40H36F2N4O3S2. The molecule has 0 radical (unpaired) electrons. The fraction of sp³-hybridized carbons (Fsp3) is 0.100. The van der Waals surface area contributed by atoms with Crippen LogP contribution in [0.25, 0.3) is 33.3 Å². The Kier molecular flexibility index (Phi) is 14.6. The van der Waals surface area contributed by atoms with Crippen LogP contribution < -0.4 is 11.1 Å². The van der Waals surface area contributed by atoms with E-state index in [2.05, 4.69) is 27.4 Å². The summed E-state index contributed by atoms with van der Waals surface area (Å²) >= 11 is 3.22. The highest BCUT2D eigenvalue weighted by Crippen LogP contribution is 2.25. The number of hydrogen-bond donors (Lipinski definition) is 3. The van der Waals surface area contributed by atoms with Crippen LogP contribution >= 0.6 is 22.7 Å². The molecule has 0 aliphatic carbocycles. The molecule has 2 aromatic heterocycles. The van der Waals surface area contributed by atoms with Gasteiger partial charge in [0, 0.05) is 63.6 Å². The van der Waals surface area contributed by atoms with Gasteiger partial charge in [-0.3, -0.25) is 4.79 Å². The van der Waals surface area contributed by atoms with Crippen LogP contribution in [-0.2, 0) is 9.59 Å². The largest absolute Gasteiger partial charge is 0.478 e. The number of halogens is 2. The average Bonchev–Trinajstić information content (AvgIpc) is 3.88. The Morgan fingerprint density at radius 1 is 0.725 bits per heavy atom. The van der Waals surface area contributed by atoms with Crippen LogP contribution in [0, 0.1) is 11.6 Å². The second-order valence-corrected chi connectivity index (χ2v) is 12.8. The zero-order chi connectivity index (χ0) is 36.6. The molecule has 2 atom stereocenters. The summed E-state index contributed by atoms with van der Waals surface area (Å²) in [5.41, 5.74) is 10.8. The lowest BCUT2D eigenvalue weighted by Gasteiger charge is -2.13. The molecule has 260 valence electrons. The molecule has 0 spiro atoms. The number of nitrogens with one attached hydrogen (secondary N) is 1. The summed E-state index contributed by atoms with van der Waals surface area (Å²) in [5, 5.41) is 17.1. The molecule has 1 amide bonds. The molecule has 0 saturated carbocycles. The summed E-state index contributed by atoms with van der Waals surface area (Å²) in [7, 11) is 0. The normalized spacial score (nSPS) is 11.9. The van der Waals surface area contributed by atoms with Crippen LogP contribution in [0.4, 0.5) is 8.78 Å². The molecule has 6 rings (SSSR count). The van der Waals surface area contributed by atoms with E-state index in [-0.39, 0.29) is 29.4 Å². The van der Waals surface area contributed by atoms with E-state index in [4.69, 9.17) is 10.8 Å². The van der Waals surface area contributed by atoms with Gasteiger partial charge in [-0.05, 0) is 61.4 Å². The molecule has 0 unspecified atom stereocenters.